The van der Waals surface area contributed by atoms with Gasteiger partial charge < -0.3 is 5.32 Å². The zero-order valence-electron chi connectivity index (χ0n) is 6.22. The maximum atomic E-state index is 3.95. The van der Waals surface area contributed by atoms with Gasteiger partial charge in [0.2, 0.25) is 0 Å². The van der Waals surface area contributed by atoms with Gasteiger partial charge in [-0.25, -0.2) is 0 Å². The maximum absolute atomic E-state index is 3.95. The van der Waals surface area contributed by atoms with E-state index < -0.39 is 0 Å². The van der Waals surface area contributed by atoms with Gasteiger partial charge in [0.1, 0.15) is 0 Å². The Hall–Kier alpha value is -0.0800. The van der Waals surface area contributed by atoms with Gasteiger partial charge in [-0.3, -0.25) is 4.90 Å². The van der Waals surface area contributed by atoms with Gasteiger partial charge in [-0.2, -0.15) is 0 Å². The quantitative estimate of drug-likeness (QED) is 0.508. The third-order valence-corrected chi connectivity index (χ3v) is 2.01. The Bertz CT molecular complexity index is 82.9. The van der Waals surface area contributed by atoms with Gasteiger partial charge in [-0.05, 0) is 13.8 Å². The molecule has 1 radical (unpaired) electrons. The van der Waals surface area contributed by atoms with Gasteiger partial charge >= 0.3 is 0 Å². The van der Waals surface area contributed by atoms with E-state index in [1.807, 2.05) is 0 Å². The summed E-state index contributed by atoms with van der Waals surface area (Å²) in [6, 6.07) is 1.18. The fourth-order valence-electron chi connectivity index (χ4n) is 1.17. The van der Waals surface area contributed by atoms with E-state index in [4.69, 9.17) is 0 Å². The molecule has 1 aliphatic heterocycles. The Labute approximate surface area is 57.2 Å². The molecule has 1 fully saturated rings. The van der Waals surface area contributed by atoms with E-state index in [1.165, 1.54) is 0 Å². The molecular formula is C7H15N2. The van der Waals surface area contributed by atoms with Crippen molar-refractivity contribution in [2.75, 3.05) is 13.1 Å². The first kappa shape index (κ1) is 7.03. The van der Waals surface area contributed by atoms with Crippen LogP contribution in [0.25, 0.3) is 0 Å². The molecule has 1 heterocycles. The van der Waals surface area contributed by atoms with Gasteiger partial charge in [0.15, 0.2) is 0 Å². The molecule has 0 aromatic heterocycles. The molecule has 9 heavy (non-hydrogen) atoms. The van der Waals surface area contributed by atoms with Crippen molar-refractivity contribution in [1.82, 2.24) is 10.2 Å². The van der Waals surface area contributed by atoms with Gasteiger partial charge in [0.05, 0.1) is 0 Å². The molecule has 0 saturated carbocycles. The van der Waals surface area contributed by atoms with E-state index in [-0.39, 0.29) is 0 Å². The van der Waals surface area contributed by atoms with E-state index in [9.17, 15) is 0 Å². The van der Waals surface area contributed by atoms with Crippen molar-refractivity contribution in [3.8, 4) is 0 Å². The predicted octanol–water partition coefficient (Wildman–Crippen LogP) is 0.460. The van der Waals surface area contributed by atoms with Crippen LogP contribution < -0.4 is 5.32 Å². The number of hydrogen-bond acceptors (Lipinski definition) is 2. The number of nitrogens with one attached hydrogen (secondary N) is 1. The molecule has 2 nitrogen and oxygen atoms in total. The monoisotopic (exact) mass is 127 g/mol. The molecular weight excluding hydrogens is 112 g/mol. The minimum atomic E-state index is 0.591. The maximum Gasteiger partial charge on any atom is 0.0196 e. The standard InChI is InChI=1S/C7H15N2/c1-6-4-8-5-7(2)9(6)3/h6-8H,3-5H2,1-2H3. The minimum absolute atomic E-state index is 0.591. The topological polar surface area (TPSA) is 15.3 Å². The third kappa shape index (κ3) is 1.43. The summed E-state index contributed by atoms with van der Waals surface area (Å²) in [5.41, 5.74) is 0. The fraction of sp³-hybridized carbons (Fsp3) is 0.857. The van der Waals surface area contributed by atoms with E-state index in [0.29, 0.717) is 12.1 Å². The lowest BCUT2D eigenvalue weighted by Gasteiger charge is -2.35. The molecule has 0 bridgehead atoms. The SMILES string of the molecule is [CH2]N1C(C)CNCC1C. The Morgan fingerprint density at radius 3 is 2.11 bits per heavy atom. The zero-order chi connectivity index (χ0) is 6.85. The highest BCUT2D eigenvalue weighted by Gasteiger charge is 2.19. The average Bonchev–Trinajstić information content (AvgIpc) is 1.83. The highest BCUT2D eigenvalue weighted by molar-refractivity contribution is 4.81. The van der Waals surface area contributed by atoms with Crippen LogP contribution in [0, 0.1) is 7.05 Å². The average molecular weight is 127 g/mol. The summed E-state index contributed by atoms with van der Waals surface area (Å²) in [5.74, 6) is 0. The molecule has 0 aromatic rings. The molecule has 2 atom stereocenters. The lowest BCUT2D eigenvalue weighted by Crippen LogP contribution is -2.51. The van der Waals surface area contributed by atoms with Crippen LogP contribution in [-0.2, 0) is 0 Å². The summed E-state index contributed by atoms with van der Waals surface area (Å²) < 4.78 is 0. The van der Waals surface area contributed by atoms with E-state index in [1.54, 1.807) is 0 Å². The van der Waals surface area contributed by atoms with Crippen LogP contribution in [0.3, 0.4) is 0 Å². The van der Waals surface area contributed by atoms with Crippen LogP contribution >= 0.6 is 0 Å². The van der Waals surface area contributed by atoms with Gasteiger partial charge in [0, 0.05) is 32.2 Å². The minimum Gasteiger partial charge on any atom is -0.314 e. The first-order chi connectivity index (χ1) is 4.22. The van der Waals surface area contributed by atoms with E-state index in [0.717, 1.165) is 13.1 Å². The Balaban J connectivity index is 2.41. The largest absolute Gasteiger partial charge is 0.314 e. The van der Waals surface area contributed by atoms with E-state index >= 15 is 0 Å². The predicted molar refractivity (Wildman–Crippen MR) is 39.0 cm³/mol. The van der Waals surface area contributed by atoms with E-state index in [2.05, 4.69) is 31.1 Å². The molecule has 0 spiro atoms. The lowest BCUT2D eigenvalue weighted by molar-refractivity contribution is 0.175. The zero-order valence-corrected chi connectivity index (χ0v) is 6.22. The first-order valence-electron chi connectivity index (χ1n) is 3.51. The molecule has 0 amide bonds. The normalized spacial score (nSPS) is 39.0. The van der Waals surface area contributed by atoms with Crippen LogP contribution in [0.5, 0.6) is 0 Å². The summed E-state index contributed by atoms with van der Waals surface area (Å²) >= 11 is 0. The summed E-state index contributed by atoms with van der Waals surface area (Å²) in [6.07, 6.45) is 0. The third-order valence-electron chi connectivity index (χ3n) is 2.01. The Morgan fingerprint density at radius 1 is 1.33 bits per heavy atom. The summed E-state index contributed by atoms with van der Waals surface area (Å²) in [6.45, 7) is 6.53. The van der Waals surface area contributed by atoms with Crippen LogP contribution in [0.2, 0.25) is 0 Å². The number of rotatable bonds is 0. The summed E-state index contributed by atoms with van der Waals surface area (Å²) in [4.78, 5) is 2.16. The van der Waals surface area contributed by atoms with Crippen molar-refractivity contribution < 1.29 is 0 Å². The molecule has 2 heteroatoms. The molecule has 1 saturated heterocycles. The molecule has 2 unspecified atom stereocenters. The smallest absolute Gasteiger partial charge is 0.0196 e. The highest BCUT2D eigenvalue weighted by atomic mass is 15.2. The number of hydrogen-bond donors (Lipinski definition) is 1. The summed E-state index contributed by atoms with van der Waals surface area (Å²) in [7, 11) is 3.95. The Morgan fingerprint density at radius 2 is 1.78 bits per heavy atom. The van der Waals surface area contributed by atoms with Gasteiger partial charge in [-0.15, -0.1) is 0 Å². The molecule has 53 valence electrons. The highest BCUT2D eigenvalue weighted by Crippen LogP contribution is 2.05. The van der Waals surface area contributed by atoms with Crippen molar-refractivity contribution in [2.45, 2.75) is 25.9 Å². The van der Waals surface area contributed by atoms with Crippen molar-refractivity contribution in [3.63, 3.8) is 0 Å². The lowest BCUT2D eigenvalue weighted by atomic mass is 10.1. The van der Waals surface area contributed by atoms with Crippen molar-refractivity contribution >= 4 is 0 Å². The Kier molecular flexibility index (Phi) is 2.09. The van der Waals surface area contributed by atoms with Crippen molar-refractivity contribution in [3.05, 3.63) is 7.05 Å². The summed E-state index contributed by atoms with van der Waals surface area (Å²) in [5, 5.41) is 3.33. The molecule has 0 aliphatic carbocycles. The molecule has 1 N–H and O–H groups in total. The van der Waals surface area contributed by atoms with Crippen LogP contribution in [0.15, 0.2) is 0 Å². The fourth-order valence-corrected chi connectivity index (χ4v) is 1.17. The molecule has 1 aliphatic rings. The second-order valence-corrected chi connectivity index (χ2v) is 2.87. The van der Waals surface area contributed by atoms with Crippen LogP contribution in [-0.4, -0.2) is 30.1 Å². The molecule has 1 rings (SSSR count). The second-order valence-electron chi connectivity index (χ2n) is 2.87. The number of piperazine rings is 1. The van der Waals surface area contributed by atoms with Crippen molar-refractivity contribution in [2.24, 2.45) is 0 Å². The van der Waals surface area contributed by atoms with Crippen molar-refractivity contribution in [1.29, 1.82) is 0 Å². The number of nitrogens with zero attached hydrogens (tertiary/aromatic N) is 1. The molecule has 0 aromatic carbocycles. The van der Waals surface area contributed by atoms with Crippen LogP contribution in [0.1, 0.15) is 13.8 Å². The van der Waals surface area contributed by atoms with Gasteiger partial charge in [-0.1, -0.05) is 0 Å². The first-order valence-corrected chi connectivity index (χ1v) is 3.51. The van der Waals surface area contributed by atoms with Gasteiger partial charge in [0.25, 0.3) is 0 Å². The van der Waals surface area contributed by atoms with Crippen LogP contribution in [0.4, 0.5) is 0 Å². The second kappa shape index (κ2) is 2.67.